The molecule has 1 rings (SSSR count). The molecule has 1 unspecified atom stereocenters. The number of rotatable bonds is 8. The molecule has 0 spiro atoms. The van der Waals surface area contributed by atoms with Crippen LogP contribution in [-0.2, 0) is 4.74 Å². The Morgan fingerprint density at radius 1 is 1.30 bits per heavy atom. The Morgan fingerprint density at radius 3 is 2.55 bits per heavy atom. The van der Waals surface area contributed by atoms with Gasteiger partial charge in [-0.3, -0.25) is 0 Å². The first-order chi connectivity index (χ1) is 9.49. The fourth-order valence-corrected chi connectivity index (χ4v) is 2.65. The number of anilines is 1. The molecule has 0 amide bonds. The highest BCUT2D eigenvalue weighted by Crippen LogP contribution is 2.30. The molecule has 1 atom stereocenters. The van der Waals surface area contributed by atoms with E-state index in [1.54, 1.807) is 7.11 Å². The quantitative estimate of drug-likeness (QED) is 0.776. The number of ether oxygens (including phenoxy) is 1. The van der Waals surface area contributed by atoms with Gasteiger partial charge in [-0.1, -0.05) is 29.8 Å². The third kappa shape index (κ3) is 5.08. The van der Waals surface area contributed by atoms with Crippen molar-refractivity contribution in [2.24, 2.45) is 5.92 Å². The van der Waals surface area contributed by atoms with E-state index < -0.39 is 0 Å². The molecule has 114 valence electrons. The second-order valence-electron chi connectivity index (χ2n) is 5.55. The Labute approximate surface area is 131 Å². The average Bonchev–Trinajstić information content (AvgIpc) is 2.42. The average molecular weight is 343 g/mol. The summed E-state index contributed by atoms with van der Waals surface area (Å²) in [6.45, 7) is 9.39. The number of nitrogens with zero attached hydrogens (tertiary/aromatic N) is 1. The predicted octanol–water partition coefficient (Wildman–Crippen LogP) is 3.84. The molecule has 0 aromatic heterocycles. The molecule has 0 aliphatic heterocycles. The lowest BCUT2D eigenvalue weighted by Crippen LogP contribution is -2.32. The Kier molecular flexibility index (Phi) is 7.56. The summed E-state index contributed by atoms with van der Waals surface area (Å²) in [5.41, 5.74) is 2.61. The number of nitrogens with one attached hydrogen (secondary N) is 1. The van der Waals surface area contributed by atoms with E-state index in [1.807, 2.05) is 7.05 Å². The van der Waals surface area contributed by atoms with Gasteiger partial charge in [-0.15, -0.1) is 0 Å². The van der Waals surface area contributed by atoms with Crippen LogP contribution in [0.5, 0.6) is 0 Å². The van der Waals surface area contributed by atoms with Crippen molar-refractivity contribution >= 4 is 21.6 Å². The van der Waals surface area contributed by atoms with Crippen molar-refractivity contribution in [2.75, 3.05) is 38.8 Å². The van der Waals surface area contributed by atoms with Gasteiger partial charge in [0.2, 0.25) is 0 Å². The molecule has 1 aromatic rings. The van der Waals surface area contributed by atoms with E-state index in [9.17, 15) is 0 Å². The van der Waals surface area contributed by atoms with Crippen molar-refractivity contribution in [1.82, 2.24) is 5.32 Å². The molecule has 0 bridgehead atoms. The maximum atomic E-state index is 5.26. The van der Waals surface area contributed by atoms with Crippen molar-refractivity contribution in [3.05, 3.63) is 28.2 Å². The number of benzene rings is 1. The van der Waals surface area contributed by atoms with Crippen LogP contribution in [0, 0.1) is 5.92 Å². The van der Waals surface area contributed by atoms with Crippen molar-refractivity contribution in [3.63, 3.8) is 0 Å². The van der Waals surface area contributed by atoms with Gasteiger partial charge in [0.05, 0.1) is 6.61 Å². The Balaban J connectivity index is 3.09. The first kappa shape index (κ1) is 17.5. The molecule has 0 heterocycles. The van der Waals surface area contributed by atoms with Gasteiger partial charge >= 0.3 is 0 Å². The van der Waals surface area contributed by atoms with Gasteiger partial charge in [0.1, 0.15) is 0 Å². The zero-order valence-corrected chi connectivity index (χ0v) is 14.8. The second-order valence-corrected chi connectivity index (χ2v) is 6.46. The number of hydrogen-bond acceptors (Lipinski definition) is 3. The molecule has 0 saturated carbocycles. The predicted molar refractivity (Wildman–Crippen MR) is 90.5 cm³/mol. The van der Waals surface area contributed by atoms with Crippen molar-refractivity contribution in [3.8, 4) is 0 Å². The van der Waals surface area contributed by atoms with Crippen LogP contribution in [0.3, 0.4) is 0 Å². The second kappa shape index (κ2) is 8.65. The van der Waals surface area contributed by atoms with Gasteiger partial charge in [-0.05, 0) is 43.7 Å². The topological polar surface area (TPSA) is 24.5 Å². The number of hydrogen-bond donors (Lipinski definition) is 1. The molecule has 0 radical (unpaired) electrons. The summed E-state index contributed by atoms with van der Waals surface area (Å²) >= 11 is 3.58. The molecular weight excluding hydrogens is 316 g/mol. The highest BCUT2D eigenvalue weighted by Gasteiger charge is 2.16. The van der Waals surface area contributed by atoms with Crippen LogP contribution < -0.4 is 10.2 Å². The van der Waals surface area contributed by atoms with E-state index in [2.05, 4.69) is 65.1 Å². The molecule has 4 heteroatoms. The van der Waals surface area contributed by atoms with Crippen LogP contribution >= 0.6 is 15.9 Å². The lowest BCUT2D eigenvalue weighted by Gasteiger charge is -2.30. The smallest absolute Gasteiger partial charge is 0.0637 e. The maximum Gasteiger partial charge on any atom is 0.0637 e. The van der Waals surface area contributed by atoms with Gasteiger partial charge in [-0.2, -0.15) is 0 Å². The van der Waals surface area contributed by atoms with Crippen LogP contribution in [0.15, 0.2) is 22.7 Å². The SMILES string of the molecule is CNC(C)c1cc(Br)ccc1N(CCOC)CC(C)C. The van der Waals surface area contributed by atoms with Gasteiger partial charge in [-0.25, -0.2) is 0 Å². The molecule has 0 saturated heterocycles. The zero-order chi connectivity index (χ0) is 15.1. The van der Waals surface area contributed by atoms with Crippen molar-refractivity contribution in [2.45, 2.75) is 26.8 Å². The molecule has 3 nitrogen and oxygen atoms in total. The maximum absolute atomic E-state index is 5.26. The van der Waals surface area contributed by atoms with Crippen molar-refractivity contribution in [1.29, 1.82) is 0 Å². The van der Waals surface area contributed by atoms with E-state index in [0.717, 1.165) is 24.2 Å². The molecule has 0 fully saturated rings. The normalized spacial score (nSPS) is 12.8. The third-order valence-corrected chi connectivity index (χ3v) is 3.87. The van der Waals surface area contributed by atoms with Gasteiger partial charge in [0, 0.05) is 36.4 Å². The van der Waals surface area contributed by atoms with Gasteiger partial charge < -0.3 is 15.0 Å². The zero-order valence-electron chi connectivity index (χ0n) is 13.2. The Morgan fingerprint density at radius 2 is 2.00 bits per heavy atom. The summed E-state index contributed by atoms with van der Waals surface area (Å²) in [6, 6.07) is 6.84. The first-order valence-corrected chi connectivity index (χ1v) is 7.99. The van der Waals surface area contributed by atoms with E-state index in [0.29, 0.717) is 12.0 Å². The summed E-state index contributed by atoms with van der Waals surface area (Å²) in [5, 5.41) is 3.33. The monoisotopic (exact) mass is 342 g/mol. The lowest BCUT2D eigenvalue weighted by molar-refractivity contribution is 0.204. The highest BCUT2D eigenvalue weighted by molar-refractivity contribution is 9.10. The third-order valence-electron chi connectivity index (χ3n) is 3.38. The van der Waals surface area contributed by atoms with Crippen LogP contribution in [-0.4, -0.2) is 33.9 Å². The Bertz CT molecular complexity index is 409. The fraction of sp³-hybridized carbons (Fsp3) is 0.625. The first-order valence-electron chi connectivity index (χ1n) is 7.20. The fourth-order valence-electron chi connectivity index (χ4n) is 2.27. The van der Waals surface area contributed by atoms with Crippen LogP contribution in [0.2, 0.25) is 0 Å². The summed E-state index contributed by atoms with van der Waals surface area (Å²) in [6.07, 6.45) is 0. The summed E-state index contributed by atoms with van der Waals surface area (Å²) in [5.74, 6) is 0.619. The molecule has 1 N–H and O–H groups in total. The van der Waals surface area contributed by atoms with Crippen LogP contribution in [0.4, 0.5) is 5.69 Å². The Hall–Kier alpha value is -0.580. The van der Waals surface area contributed by atoms with Gasteiger partial charge in [0.25, 0.3) is 0 Å². The molecule has 1 aromatic carbocycles. The standard InChI is InChI=1S/C16H27BrN2O/c1-12(2)11-19(8-9-20-5)16-7-6-14(17)10-15(16)13(3)18-4/h6-7,10,12-13,18H,8-9,11H2,1-5H3. The minimum absolute atomic E-state index is 0.319. The number of halogens is 1. The van der Waals surface area contributed by atoms with E-state index in [1.165, 1.54) is 11.3 Å². The summed E-state index contributed by atoms with van der Waals surface area (Å²) in [7, 11) is 3.75. The van der Waals surface area contributed by atoms with Crippen LogP contribution in [0.25, 0.3) is 0 Å². The minimum Gasteiger partial charge on any atom is -0.383 e. The molecular formula is C16H27BrN2O. The summed E-state index contributed by atoms with van der Waals surface area (Å²) < 4.78 is 6.38. The summed E-state index contributed by atoms with van der Waals surface area (Å²) in [4.78, 5) is 2.42. The van der Waals surface area contributed by atoms with Gasteiger partial charge in [0.15, 0.2) is 0 Å². The highest BCUT2D eigenvalue weighted by atomic mass is 79.9. The number of methoxy groups -OCH3 is 1. The van der Waals surface area contributed by atoms with Crippen molar-refractivity contribution < 1.29 is 4.74 Å². The lowest BCUT2D eigenvalue weighted by atomic mass is 10.0. The molecule has 0 aliphatic rings. The minimum atomic E-state index is 0.319. The molecule has 0 aliphatic carbocycles. The molecule has 20 heavy (non-hydrogen) atoms. The van der Waals surface area contributed by atoms with E-state index in [-0.39, 0.29) is 0 Å². The van der Waals surface area contributed by atoms with E-state index in [4.69, 9.17) is 4.74 Å². The van der Waals surface area contributed by atoms with E-state index >= 15 is 0 Å². The van der Waals surface area contributed by atoms with Crippen LogP contribution in [0.1, 0.15) is 32.4 Å². The largest absolute Gasteiger partial charge is 0.383 e.